The Morgan fingerprint density at radius 1 is 0.909 bits per heavy atom. The first-order valence-electron chi connectivity index (χ1n) is 8.10. The molecular weight excluding hydrogens is 282 g/mol. The van der Waals surface area contributed by atoms with Crippen LogP contribution in [-0.4, -0.2) is 14.3 Å². The lowest BCUT2D eigenvalue weighted by molar-refractivity contribution is 1.04. The summed E-state index contributed by atoms with van der Waals surface area (Å²) in [6.45, 7) is 11.9. The van der Waals surface area contributed by atoms with E-state index in [1.165, 1.54) is 38.4 Å². The highest BCUT2D eigenvalue weighted by Crippen LogP contribution is 2.45. The molecule has 0 N–H and O–H groups in total. The number of nitrogens with zero attached hydrogens (tertiary/aromatic N) is 1. The van der Waals surface area contributed by atoms with Crippen molar-refractivity contribution in [1.29, 1.82) is 0 Å². The second-order valence-corrected chi connectivity index (χ2v) is 12.4. The largest absolute Gasteiger partial charge is 0.387 e. The first kappa shape index (κ1) is 13.8. The van der Waals surface area contributed by atoms with Gasteiger partial charge in [-0.05, 0) is 47.6 Å². The molecule has 0 saturated carbocycles. The summed E-state index contributed by atoms with van der Waals surface area (Å²) in [5, 5.41) is 2.88. The Hall–Kier alpha value is -1.80. The van der Waals surface area contributed by atoms with E-state index in [-0.39, 0.29) is 0 Å². The quantitative estimate of drug-likeness (QED) is 0.730. The number of aryl methyl sites for hydroxylation is 1. The minimum Gasteiger partial charge on any atom is -0.387 e. The Labute approximate surface area is 133 Å². The number of hydrogen-bond acceptors (Lipinski definition) is 1. The summed E-state index contributed by atoms with van der Waals surface area (Å²) in [6.07, 6.45) is 0. The minimum absolute atomic E-state index is 0.445. The topological polar surface area (TPSA) is 3.24 Å². The van der Waals surface area contributed by atoms with Crippen LogP contribution in [0.3, 0.4) is 0 Å². The molecule has 1 nitrogen and oxygen atoms in total. The smallest absolute Gasteiger partial charge is 0.148 e. The van der Waals surface area contributed by atoms with E-state index in [1.807, 2.05) is 0 Å². The molecule has 22 heavy (non-hydrogen) atoms. The van der Waals surface area contributed by atoms with Gasteiger partial charge in [-0.1, -0.05) is 55.5 Å². The second-order valence-electron chi connectivity index (χ2n) is 7.61. The summed E-state index contributed by atoms with van der Waals surface area (Å²) < 4.78 is 2.74. The Morgan fingerprint density at radius 3 is 2.27 bits per heavy atom. The Morgan fingerprint density at radius 2 is 1.59 bits per heavy atom. The van der Waals surface area contributed by atoms with Gasteiger partial charge in [-0.15, -0.1) is 0 Å². The molecule has 0 aromatic heterocycles. The minimum atomic E-state index is -1.47. The second kappa shape index (κ2) is 4.36. The number of rotatable bonds is 1. The molecule has 0 fully saturated rings. The molecule has 1 unspecified atom stereocenters. The van der Waals surface area contributed by atoms with Crippen molar-refractivity contribution in [3.05, 3.63) is 64.0 Å². The maximum atomic E-state index is 2.74. The fourth-order valence-corrected chi connectivity index (χ4v) is 6.17. The van der Waals surface area contributed by atoms with E-state index in [0.29, 0.717) is 6.04 Å². The normalized spacial score (nSPS) is 19.3. The number of fused-ring (bicyclic) bond motifs is 4. The van der Waals surface area contributed by atoms with Gasteiger partial charge in [0, 0.05) is 11.3 Å². The molecule has 1 aliphatic heterocycles. The third kappa shape index (κ3) is 1.70. The van der Waals surface area contributed by atoms with E-state index < -0.39 is 8.24 Å². The lowest BCUT2D eigenvalue weighted by Crippen LogP contribution is -2.50. The van der Waals surface area contributed by atoms with Crippen molar-refractivity contribution in [3.8, 4) is 0 Å². The zero-order valence-corrected chi connectivity index (χ0v) is 15.1. The van der Waals surface area contributed by atoms with Crippen LogP contribution in [0.1, 0.15) is 18.1 Å². The average Bonchev–Trinajstić information content (AvgIpc) is 2.93. The van der Waals surface area contributed by atoms with Gasteiger partial charge in [0.05, 0.1) is 6.04 Å². The van der Waals surface area contributed by atoms with E-state index in [2.05, 4.69) is 80.5 Å². The van der Waals surface area contributed by atoms with Gasteiger partial charge in [0.2, 0.25) is 0 Å². The van der Waals surface area contributed by atoms with E-state index in [9.17, 15) is 0 Å². The zero-order chi connectivity index (χ0) is 15.6. The molecule has 0 bridgehead atoms. The highest BCUT2D eigenvalue weighted by molar-refractivity contribution is 6.80. The van der Waals surface area contributed by atoms with Crippen molar-refractivity contribution >= 4 is 25.1 Å². The molecule has 0 amide bonds. The summed E-state index contributed by atoms with van der Waals surface area (Å²) in [5.74, 6) is 0. The molecule has 1 heterocycles. The van der Waals surface area contributed by atoms with E-state index in [0.717, 1.165) is 0 Å². The lowest BCUT2D eigenvalue weighted by Gasteiger charge is -2.38. The molecule has 4 rings (SSSR count). The lowest BCUT2D eigenvalue weighted by atomic mass is 10.00. The highest BCUT2D eigenvalue weighted by atomic mass is 28.3. The van der Waals surface area contributed by atoms with Crippen LogP contribution in [0, 0.1) is 6.92 Å². The van der Waals surface area contributed by atoms with Crippen LogP contribution in [0.4, 0.5) is 5.69 Å². The van der Waals surface area contributed by atoms with Crippen LogP contribution in [0.2, 0.25) is 19.6 Å². The summed E-state index contributed by atoms with van der Waals surface area (Å²) in [7, 11) is -1.47. The Bertz CT molecular complexity index is 902. The molecule has 2 heteroatoms. The summed E-state index contributed by atoms with van der Waals surface area (Å²) in [5.41, 5.74) is 7.30. The van der Waals surface area contributed by atoms with E-state index in [1.54, 1.807) is 0 Å². The van der Waals surface area contributed by atoms with Gasteiger partial charge in [-0.3, -0.25) is 0 Å². The third-order valence-electron chi connectivity index (χ3n) is 5.01. The fraction of sp³-hybridized carbons (Fsp3) is 0.300. The average molecular weight is 305 g/mol. The van der Waals surface area contributed by atoms with Crippen molar-refractivity contribution < 1.29 is 0 Å². The van der Waals surface area contributed by atoms with Crippen LogP contribution < -0.4 is 15.0 Å². The van der Waals surface area contributed by atoms with Gasteiger partial charge in [0.1, 0.15) is 8.24 Å². The van der Waals surface area contributed by atoms with Crippen LogP contribution >= 0.6 is 0 Å². The Kier molecular flexibility index (Phi) is 2.74. The van der Waals surface area contributed by atoms with E-state index >= 15 is 0 Å². The predicted octanol–water partition coefficient (Wildman–Crippen LogP) is 3.40. The fourth-order valence-electron chi connectivity index (χ4n) is 4.15. The van der Waals surface area contributed by atoms with Crippen LogP contribution in [-0.2, 0) is 0 Å². The van der Waals surface area contributed by atoms with Crippen molar-refractivity contribution in [2.24, 2.45) is 0 Å². The number of anilines is 1. The van der Waals surface area contributed by atoms with Crippen LogP contribution in [0.15, 0.2) is 42.5 Å². The molecular formula is C20H23NSi. The maximum Gasteiger partial charge on any atom is 0.148 e. The zero-order valence-electron chi connectivity index (χ0n) is 14.1. The van der Waals surface area contributed by atoms with Gasteiger partial charge in [-0.2, -0.15) is 0 Å². The monoisotopic (exact) mass is 305 g/mol. The predicted molar refractivity (Wildman–Crippen MR) is 98.1 cm³/mol. The van der Waals surface area contributed by atoms with Crippen molar-refractivity contribution in [2.45, 2.75) is 39.5 Å². The van der Waals surface area contributed by atoms with Gasteiger partial charge >= 0.3 is 0 Å². The van der Waals surface area contributed by atoms with Gasteiger partial charge < -0.3 is 4.57 Å². The molecule has 0 spiro atoms. The van der Waals surface area contributed by atoms with Crippen molar-refractivity contribution in [1.82, 2.24) is 0 Å². The Balaban J connectivity index is 2.15. The van der Waals surface area contributed by atoms with Gasteiger partial charge in [0.25, 0.3) is 0 Å². The molecule has 1 atom stereocenters. The summed E-state index contributed by atoms with van der Waals surface area (Å²) in [4.78, 5) is 0. The third-order valence-corrected chi connectivity index (χ3v) is 6.95. The van der Waals surface area contributed by atoms with Gasteiger partial charge in [-0.25, -0.2) is 0 Å². The molecule has 1 aliphatic carbocycles. The van der Waals surface area contributed by atoms with Crippen LogP contribution in [0.25, 0.3) is 11.1 Å². The van der Waals surface area contributed by atoms with Crippen LogP contribution in [0.5, 0.6) is 0 Å². The summed E-state index contributed by atoms with van der Waals surface area (Å²) >= 11 is 0. The van der Waals surface area contributed by atoms with Crippen molar-refractivity contribution in [2.75, 3.05) is 4.57 Å². The number of benzene rings is 2. The molecule has 112 valence electrons. The maximum absolute atomic E-state index is 2.74. The van der Waals surface area contributed by atoms with E-state index in [4.69, 9.17) is 0 Å². The number of hydrogen-bond donors (Lipinski definition) is 0. The molecule has 2 aliphatic rings. The molecule has 2 aromatic rings. The van der Waals surface area contributed by atoms with Crippen molar-refractivity contribution in [3.63, 3.8) is 0 Å². The molecule has 2 aromatic carbocycles. The highest BCUT2D eigenvalue weighted by Gasteiger charge is 2.43. The SMILES string of the molecule is CC1=c2ccccc2=C2c3cc(C)ccc3N([Si](C)(C)C)C12. The standard InChI is InChI=1S/C20H23NSi/c1-13-10-11-18-17(12-13)19-16-9-7-6-8-15(16)14(2)20(19)21(18)22(3,4)5/h6-12,20H,1-5H3. The molecule has 0 radical (unpaired) electrons. The van der Waals surface area contributed by atoms with Gasteiger partial charge in [0.15, 0.2) is 0 Å². The first-order chi connectivity index (χ1) is 10.4. The summed E-state index contributed by atoms with van der Waals surface area (Å²) in [6, 6.07) is 16.4. The molecule has 0 saturated heterocycles. The first-order valence-corrected chi connectivity index (χ1v) is 11.5.